The fraction of sp³-hybridized carbons (Fsp3) is 0.250. The number of carbonyl (C=O) groups excluding carboxylic acids is 1. The van der Waals surface area contributed by atoms with Gasteiger partial charge in [0.1, 0.15) is 12.2 Å². The summed E-state index contributed by atoms with van der Waals surface area (Å²) in [5.41, 5.74) is 2.82. The van der Waals surface area contributed by atoms with Crippen molar-refractivity contribution in [3.05, 3.63) is 60.0 Å². The quantitative estimate of drug-likeness (QED) is 0.680. The van der Waals surface area contributed by atoms with E-state index in [2.05, 4.69) is 17.1 Å². The fourth-order valence-electron chi connectivity index (χ4n) is 2.70. The summed E-state index contributed by atoms with van der Waals surface area (Å²) in [5, 5.41) is 3.96. The van der Waals surface area contributed by atoms with E-state index in [1.54, 1.807) is 19.1 Å². The maximum atomic E-state index is 12.6. The maximum absolute atomic E-state index is 12.6. The summed E-state index contributed by atoms with van der Waals surface area (Å²) in [4.78, 5) is 18.6. The van der Waals surface area contributed by atoms with E-state index in [4.69, 9.17) is 9.26 Å². The van der Waals surface area contributed by atoms with Crippen molar-refractivity contribution in [2.45, 2.75) is 19.8 Å². The largest absolute Gasteiger partial charge is 0.497 e. The number of carbonyl (C=O) groups is 1. The Kier molecular flexibility index (Phi) is 5.31. The number of rotatable bonds is 6. The number of para-hydroxylation sites is 1. The maximum Gasteiger partial charge on any atom is 0.236 e. The second kappa shape index (κ2) is 7.82. The van der Waals surface area contributed by atoms with Crippen LogP contribution in [0.25, 0.3) is 11.4 Å². The first-order valence-corrected chi connectivity index (χ1v) is 8.43. The molecule has 0 fully saturated rings. The molecule has 0 aliphatic rings. The van der Waals surface area contributed by atoms with Crippen molar-refractivity contribution in [1.29, 1.82) is 0 Å². The van der Waals surface area contributed by atoms with Crippen LogP contribution in [0.2, 0.25) is 0 Å². The Hall–Kier alpha value is -3.15. The second-order valence-electron chi connectivity index (χ2n) is 5.85. The van der Waals surface area contributed by atoms with Crippen LogP contribution in [0.5, 0.6) is 5.75 Å². The van der Waals surface area contributed by atoms with Gasteiger partial charge in [-0.1, -0.05) is 30.3 Å². The van der Waals surface area contributed by atoms with Gasteiger partial charge in [-0.25, -0.2) is 0 Å². The molecule has 1 heterocycles. The molecule has 0 saturated carbocycles. The minimum atomic E-state index is -0.101. The van der Waals surface area contributed by atoms with Crippen LogP contribution in [0.4, 0.5) is 5.69 Å². The molecule has 0 spiro atoms. The highest BCUT2D eigenvalue weighted by Crippen LogP contribution is 2.22. The van der Waals surface area contributed by atoms with Crippen molar-refractivity contribution in [1.82, 2.24) is 10.1 Å². The van der Waals surface area contributed by atoms with E-state index in [1.807, 2.05) is 48.5 Å². The Bertz CT molecular complexity index is 887. The molecule has 0 N–H and O–H groups in total. The van der Waals surface area contributed by atoms with Gasteiger partial charge < -0.3 is 14.2 Å². The molecule has 0 atom stereocenters. The van der Waals surface area contributed by atoms with Crippen LogP contribution < -0.4 is 9.64 Å². The molecule has 0 radical (unpaired) electrons. The van der Waals surface area contributed by atoms with Gasteiger partial charge in [0, 0.05) is 18.3 Å². The average Bonchev–Trinajstić information content (AvgIpc) is 3.15. The highest BCUT2D eigenvalue weighted by molar-refractivity contribution is 5.94. The van der Waals surface area contributed by atoms with E-state index < -0.39 is 0 Å². The van der Waals surface area contributed by atoms with Crippen LogP contribution in [-0.2, 0) is 17.6 Å². The van der Waals surface area contributed by atoms with E-state index in [0.717, 1.165) is 29.0 Å². The minimum Gasteiger partial charge on any atom is -0.497 e. The van der Waals surface area contributed by atoms with E-state index in [-0.39, 0.29) is 12.3 Å². The molecule has 0 saturated heterocycles. The Balaban J connectivity index is 1.72. The lowest BCUT2D eigenvalue weighted by atomic mass is 10.1. The second-order valence-corrected chi connectivity index (χ2v) is 5.85. The van der Waals surface area contributed by atoms with Crippen LogP contribution in [0, 0.1) is 0 Å². The van der Waals surface area contributed by atoms with Gasteiger partial charge in [-0.15, -0.1) is 0 Å². The lowest BCUT2D eigenvalue weighted by molar-refractivity contribution is -0.118. The number of aromatic nitrogens is 2. The first-order valence-electron chi connectivity index (χ1n) is 8.43. The van der Waals surface area contributed by atoms with Crippen molar-refractivity contribution in [2.75, 3.05) is 19.1 Å². The predicted molar refractivity (Wildman–Crippen MR) is 99.2 cm³/mol. The van der Waals surface area contributed by atoms with E-state index in [9.17, 15) is 4.79 Å². The number of hydrogen-bond donors (Lipinski definition) is 0. The lowest BCUT2D eigenvalue weighted by Crippen LogP contribution is -2.28. The molecular weight excluding hydrogens is 330 g/mol. The number of likely N-dealkylation sites (N-methyl/N-ethyl adjacent to an activating group) is 1. The molecule has 0 bridgehead atoms. The third-order valence-electron chi connectivity index (χ3n) is 4.23. The minimum absolute atomic E-state index is 0.0533. The van der Waals surface area contributed by atoms with Crippen LogP contribution in [0.15, 0.2) is 53.1 Å². The Labute approximate surface area is 152 Å². The molecule has 134 valence electrons. The van der Waals surface area contributed by atoms with Crippen molar-refractivity contribution in [2.24, 2.45) is 0 Å². The first kappa shape index (κ1) is 17.7. The molecule has 2 aromatic carbocycles. The topological polar surface area (TPSA) is 68.5 Å². The molecule has 6 heteroatoms. The zero-order valence-corrected chi connectivity index (χ0v) is 15.1. The number of ether oxygens (including phenoxy) is 1. The zero-order chi connectivity index (χ0) is 18.5. The summed E-state index contributed by atoms with van der Waals surface area (Å²) in [5.74, 6) is 1.40. The summed E-state index contributed by atoms with van der Waals surface area (Å²) < 4.78 is 10.4. The Morgan fingerprint density at radius 2 is 1.88 bits per heavy atom. The third kappa shape index (κ3) is 3.74. The van der Waals surface area contributed by atoms with Gasteiger partial charge in [-0.2, -0.15) is 4.98 Å². The summed E-state index contributed by atoms with van der Waals surface area (Å²) in [6.07, 6.45) is 0.910. The van der Waals surface area contributed by atoms with Crippen molar-refractivity contribution in [3.63, 3.8) is 0 Å². The molecule has 3 aromatic rings. The number of aryl methyl sites for hydroxylation is 1. The number of nitrogens with zero attached hydrogens (tertiary/aromatic N) is 3. The van der Waals surface area contributed by atoms with E-state index in [0.29, 0.717) is 11.7 Å². The van der Waals surface area contributed by atoms with Crippen LogP contribution in [0.1, 0.15) is 18.4 Å². The molecule has 0 aliphatic carbocycles. The van der Waals surface area contributed by atoms with Crippen molar-refractivity contribution >= 4 is 11.6 Å². The smallest absolute Gasteiger partial charge is 0.236 e. The van der Waals surface area contributed by atoms with Gasteiger partial charge in [0.25, 0.3) is 0 Å². The molecule has 3 rings (SSSR count). The molecule has 0 unspecified atom stereocenters. The van der Waals surface area contributed by atoms with E-state index >= 15 is 0 Å². The lowest BCUT2D eigenvalue weighted by Gasteiger charge is -2.19. The van der Waals surface area contributed by atoms with Crippen molar-refractivity contribution < 1.29 is 14.1 Å². The van der Waals surface area contributed by atoms with Gasteiger partial charge >= 0.3 is 0 Å². The number of benzene rings is 2. The molecule has 0 aliphatic heterocycles. The summed E-state index contributed by atoms with van der Waals surface area (Å²) >= 11 is 0. The summed E-state index contributed by atoms with van der Waals surface area (Å²) in [6, 6.07) is 15.2. The highest BCUT2D eigenvalue weighted by Gasteiger charge is 2.18. The molecule has 6 nitrogen and oxygen atoms in total. The standard InChI is InChI=1S/C20H21N3O3/c1-4-14-7-5-6-8-17(14)23(2)19(24)13-18-21-20(22-26-18)15-9-11-16(25-3)12-10-15/h5-12H,4,13H2,1-3H3. The molecule has 26 heavy (non-hydrogen) atoms. The van der Waals surface area contributed by atoms with Crippen molar-refractivity contribution in [3.8, 4) is 17.1 Å². The summed E-state index contributed by atoms with van der Waals surface area (Å²) in [7, 11) is 3.37. The summed E-state index contributed by atoms with van der Waals surface area (Å²) in [6.45, 7) is 2.07. The van der Waals surface area contributed by atoms with Crippen LogP contribution >= 0.6 is 0 Å². The van der Waals surface area contributed by atoms with Gasteiger partial charge in [-0.05, 0) is 42.3 Å². The normalized spacial score (nSPS) is 10.6. The van der Waals surface area contributed by atoms with Gasteiger partial charge in [0.15, 0.2) is 0 Å². The molecule has 1 amide bonds. The predicted octanol–water partition coefficient (Wildman–Crippen LogP) is 3.51. The van der Waals surface area contributed by atoms with Gasteiger partial charge in [-0.3, -0.25) is 4.79 Å². The molecular formula is C20H21N3O3. The number of methoxy groups -OCH3 is 1. The average molecular weight is 351 g/mol. The monoisotopic (exact) mass is 351 g/mol. The van der Waals surface area contributed by atoms with E-state index in [1.165, 1.54) is 0 Å². The first-order chi connectivity index (χ1) is 12.6. The Morgan fingerprint density at radius 3 is 2.58 bits per heavy atom. The Morgan fingerprint density at radius 1 is 1.15 bits per heavy atom. The fourth-order valence-corrected chi connectivity index (χ4v) is 2.70. The third-order valence-corrected chi connectivity index (χ3v) is 4.23. The molecule has 1 aromatic heterocycles. The zero-order valence-electron chi connectivity index (χ0n) is 15.1. The van der Waals surface area contributed by atoms with Gasteiger partial charge in [0.2, 0.25) is 17.6 Å². The number of hydrogen-bond acceptors (Lipinski definition) is 5. The van der Waals surface area contributed by atoms with Crippen LogP contribution in [0.3, 0.4) is 0 Å². The number of anilines is 1. The SMILES string of the molecule is CCc1ccccc1N(C)C(=O)Cc1nc(-c2ccc(OC)cc2)no1. The highest BCUT2D eigenvalue weighted by atomic mass is 16.5. The van der Waals surface area contributed by atoms with Gasteiger partial charge in [0.05, 0.1) is 7.11 Å². The number of amides is 1. The van der Waals surface area contributed by atoms with Crippen LogP contribution in [-0.4, -0.2) is 30.2 Å².